The van der Waals surface area contributed by atoms with Crippen LogP contribution in [0.15, 0.2) is 18.2 Å². The van der Waals surface area contributed by atoms with Crippen LogP contribution in [-0.4, -0.2) is 6.04 Å². The van der Waals surface area contributed by atoms with Gasteiger partial charge in [-0.3, -0.25) is 0 Å². The minimum Gasteiger partial charge on any atom is -0.328 e. The van der Waals surface area contributed by atoms with Gasteiger partial charge in [0.2, 0.25) is 0 Å². The lowest BCUT2D eigenvalue weighted by Crippen LogP contribution is -2.22. The molecule has 2 N–H and O–H groups in total. The fraction of sp³-hybridized carbons (Fsp3) is 0.538. The molecule has 1 nitrogen and oxygen atoms in total. The van der Waals surface area contributed by atoms with Crippen LogP contribution in [0.5, 0.6) is 0 Å². The maximum absolute atomic E-state index is 14.7. The Kier molecular flexibility index (Phi) is 2.55. The molecule has 0 bridgehead atoms. The van der Waals surface area contributed by atoms with Gasteiger partial charge in [-0.25, -0.2) is 4.39 Å². The van der Waals surface area contributed by atoms with E-state index in [9.17, 15) is 4.39 Å². The van der Waals surface area contributed by atoms with Gasteiger partial charge in [0, 0.05) is 12.5 Å². The summed E-state index contributed by atoms with van der Waals surface area (Å²) in [4.78, 5) is 0. The van der Waals surface area contributed by atoms with Crippen molar-refractivity contribution in [3.05, 3.63) is 34.9 Å². The van der Waals surface area contributed by atoms with Crippen molar-refractivity contribution >= 4 is 0 Å². The Hall–Kier alpha value is -0.890. The normalized spacial score (nSPS) is 30.8. The van der Waals surface area contributed by atoms with Crippen molar-refractivity contribution < 1.29 is 4.39 Å². The van der Waals surface area contributed by atoms with E-state index in [4.69, 9.17) is 5.73 Å². The van der Waals surface area contributed by atoms with E-state index in [1.54, 1.807) is 0 Å². The SMILES string of the molecule is Cc1cccc(C2(F)CCC(N)C2)c1C. The minimum absolute atomic E-state index is 0.0231. The van der Waals surface area contributed by atoms with Gasteiger partial charge in [-0.1, -0.05) is 18.2 Å². The lowest BCUT2D eigenvalue weighted by Gasteiger charge is -2.23. The third-order valence-electron chi connectivity index (χ3n) is 3.58. The maximum Gasteiger partial charge on any atom is 0.137 e. The molecule has 2 unspecified atom stereocenters. The number of halogens is 1. The molecule has 2 rings (SSSR count). The van der Waals surface area contributed by atoms with Crippen molar-refractivity contribution in [3.8, 4) is 0 Å². The maximum atomic E-state index is 14.7. The monoisotopic (exact) mass is 207 g/mol. The first kappa shape index (κ1) is 10.6. The third kappa shape index (κ3) is 1.78. The molecule has 0 radical (unpaired) electrons. The van der Waals surface area contributed by atoms with E-state index < -0.39 is 5.67 Å². The molecular weight excluding hydrogens is 189 g/mol. The van der Waals surface area contributed by atoms with E-state index in [1.807, 2.05) is 32.0 Å². The summed E-state index contributed by atoms with van der Waals surface area (Å²) in [7, 11) is 0. The second-order valence-corrected chi connectivity index (χ2v) is 4.72. The molecule has 1 aromatic rings. The van der Waals surface area contributed by atoms with E-state index in [-0.39, 0.29) is 6.04 Å². The third-order valence-corrected chi connectivity index (χ3v) is 3.58. The summed E-state index contributed by atoms with van der Waals surface area (Å²) in [5, 5.41) is 0. The Bertz CT molecular complexity index is 375. The second-order valence-electron chi connectivity index (χ2n) is 4.72. The molecule has 1 saturated carbocycles. The van der Waals surface area contributed by atoms with Crippen LogP contribution in [0.25, 0.3) is 0 Å². The Balaban J connectivity index is 2.41. The first-order valence-corrected chi connectivity index (χ1v) is 5.54. The molecule has 15 heavy (non-hydrogen) atoms. The van der Waals surface area contributed by atoms with Crippen LogP contribution in [0.4, 0.5) is 4.39 Å². The summed E-state index contributed by atoms with van der Waals surface area (Å²) in [6, 6.07) is 5.88. The Morgan fingerprint density at radius 1 is 1.40 bits per heavy atom. The highest BCUT2D eigenvalue weighted by atomic mass is 19.1. The van der Waals surface area contributed by atoms with E-state index in [0.29, 0.717) is 12.8 Å². The number of benzene rings is 1. The molecule has 1 aliphatic rings. The van der Waals surface area contributed by atoms with Gasteiger partial charge in [-0.2, -0.15) is 0 Å². The summed E-state index contributed by atoms with van der Waals surface area (Å²) < 4.78 is 14.7. The average molecular weight is 207 g/mol. The van der Waals surface area contributed by atoms with Crippen LogP contribution >= 0.6 is 0 Å². The zero-order chi connectivity index (χ0) is 11.1. The van der Waals surface area contributed by atoms with Gasteiger partial charge in [0.25, 0.3) is 0 Å². The molecule has 0 spiro atoms. The fourth-order valence-electron chi connectivity index (χ4n) is 2.51. The van der Waals surface area contributed by atoms with Crippen LogP contribution < -0.4 is 5.73 Å². The predicted octanol–water partition coefficient (Wildman–Crippen LogP) is 2.98. The van der Waals surface area contributed by atoms with Crippen LogP contribution in [0.3, 0.4) is 0 Å². The molecule has 2 atom stereocenters. The van der Waals surface area contributed by atoms with Gasteiger partial charge in [0.15, 0.2) is 0 Å². The molecule has 2 heteroatoms. The van der Waals surface area contributed by atoms with Crippen molar-refractivity contribution in [2.45, 2.75) is 44.8 Å². The number of hydrogen-bond donors (Lipinski definition) is 1. The molecule has 82 valence electrons. The highest BCUT2D eigenvalue weighted by Crippen LogP contribution is 2.43. The van der Waals surface area contributed by atoms with Gasteiger partial charge in [0.05, 0.1) is 0 Å². The molecule has 1 aromatic carbocycles. The Morgan fingerprint density at radius 2 is 2.13 bits per heavy atom. The van der Waals surface area contributed by atoms with Crippen LogP contribution in [0, 0.1) is 13.8 Å². The highest BCUT2D eigenvalue weighted by molar-refractivity contribution is 5.38. The number of nitrogens with two attached hydrogens (primary N) is 1. The standard InChI is InChI=1S/C13H18FN/c1-9-4-3-5-12(10(9)2)13(14)7-6-11(15)8-13/h3-5,11H,6-8,15H2,1-2H3. The number of aryl methyl sites for hydroxylation is 1. The molecule has 0 saturated heterocycles. The van der Waals surface area contributed by atoms with E-state index in [2.05, 4.69) is 0 Å². The van der Waals surface area contributed by atoms with Crippen LogP contribution in [0.1, 0.15) is 36.0 Å². The number of rotatable bonds is 1. The molecule has 0 aromatic heterocycles. The minimum atomic E-state index is -1.18. The predicted molar refractivity (Wildman–Crippen MR) is 60.5 cm³/mol. The van der Waals surface area contributed by atoms with Crippen molar-refractivity contribution in [1.29, 1.82) is 0 Å². The second kappa shape index (κ2) is 3.60. The largest absolute Gasteiger partial charge is 0.328 e. The van der Waals surface area contributed by atoms with Crippen LogP contribution in [-0.2, 0) is 5.67 Å². The topological polar surface area (TPSA) is 26.0 Å². The highest BCUT2D eigenvalue weighted by Gasteiger charge is 2.40. The molecule has 0 amide bonds. The first-order chi connectivity index (χ1) is 7.03. The van der Waals surface area contributed by atoms with Gasteiger partial charge in [-0.15, -0.1) is 0 Å². The van der Waals surface area contributed by atoms with Gasteiger partial charge < -0.3 is 5.73 Å². The van der Waals surface area contributed by atoms with Crippen molar-refractivity contribution in [2.75, 3.05) is 0 Å². The molecule has 0 aliphatic heterocycles. The van der Waals surface area contributed by atoms with Crippen molar-refractivity contribution in [3.63, 3.8) is 0 Å². The number of alkyl halides is 1. The smallest absolute Gasteiger partial charge is 0.137 e. The van der Waals surface area contributed by atoms with Gasteiger partial charge >= 0.3 is 0 Å². The number of hydrogen-bond acceptors (Lipinski definition) is 1. The molecule has 1 fully saturated rings. The zero-order valence-corrected chi connectivity index (χ0v) is 9.39. The summed E-state index contributed by atoms with van der Waals surface area (Å²) in [6.45, 7) is 4.02. The van der Waals surface area contributed by atoms with Crippen LogP contribution in [0.2, 0.25) is 0 Å². The van der Waals surface area contributed by atoms with Crippen molar-refractivity contribution in [1.82, 2.24) is 0 Å². The first-order valence-electron chi connectivity index (χ1n) is 5.54. The van der Waals surface area contributed by atoms with E-state index >= 15 is 0 Å². The Labute approximate surface area is 90.5 Å². The average Bonchev–Trinajstić information content (AvgIpc) is 2.52. The van der Waals surface area contributed by atoms with Crippen molar-refractivity contribution in [2.24, 2.45) is 5.73 Å². The van der Waals surface area contributed by atoms with E-state index in [1.165, 1.54) is 0 Å². The van der Waals surface area contributed by atoms with Gasteiger partial charge in [0.1, 0.15) is 5.67 Å². The quantitative estimate of drug-likeness (QED) is 0.752. The summed E-state index contributed by atoms with van der Waals surface area (Å²) in [5.74, 6) is 0. The van der Waals surface area contributed by atoms with Gasteiger partial charge in [-0.05, 0) is 43.4 Å². The molecule has 0 heterocycles. The Morgan fingerprint density at radius 3 is 2.73 bits per heavy atom. The fourth-order valence-corrected chi connectivity index (χ4v) is 2.51. The zero-order valence-electron chi connectivity index (χ0n) is 9.39. The molecular formula is C13H18FN. The molecule has 1 aliphatic carbocycles. The lowest BCUT2D eigenvalue weighted by molar-refractivity contribution is 0.171. The van der Waals surface area contributed by atoms with E-state index in [0.717, 1.165) is 23.1 Å². The summed E-state index contributed by atoms with van der Waals surface area (Å²) in [5.41, 5.74) is 7.69. The summed E-state index contributed by atoms with van der Waals surface area (Å²) >= 11 is 0. The lowest BCUT2D eigenvalue weighted by atomic mass is 9.88. The summed E-state index contributed by atoms with van der Waals surface area (Å²) in [6.07, 6.45) is 1.83.